The van der Waals surface area contributed by atoms with Crippen LogP contribution in [0.25, 0.3) is 0 Å². The van der Waals surface area contributed by atoms with E-state index in [1.165, 1.54) is 0 Å². The van der Waals surface area contributed by atoms with Crippen LogP contribution in [0.3, 0.4) is 0 Å². The van der Waals surface area contributed by atoms with Gasteiger partial charge in [-0.1, -0.05) is 29.7 Å². The van der Waals surface area contributed by atoms with Crippen LogP contribution in [0.2, 0.25) is 0 Å². The van der Waals surface area contributed by atoms with E-state index >= 15 is 0 Å². The van der Waals surface area contributed by atoms with Crippen molar-refractivity contribution in [2.45, 2.75) is 0 Å². The maximum atomic E-state index is 13.1. The minimum atomic E-state index is -0.126. The minimum Gasteiger partial charge on any atom is -0.497 e. The van der Waals surface area contributed by atoms with Crippen molar-refractivity contribution in [2.24, 2.45) is 0 Å². The molecular formula is C45H36N2O6. The number of anilines is 2. The summed E-state index contributed by atoms with van der Waals surface area (Å²) in [5, 5.41) is 0. The fraction of sp³-hybridized carbons (Fsp3) is 0.133. The van der Waals surface area contributed by atoms with E-state index in [-0.39, 0.29) is 18.9 Å². The third-order valence-corrected chi connectivity index (χ3v) is 7.87. The smallest absolute Gasteiger partial charge is 0.193 e. The Morgan fingerprint density at radius 3 is 1.36 bits per heavy atom. The first-order chi connectivity index (χ1) is 25.9. The van der Waals surface area contributed by atoms with E-state index in [1.54, 1.807) is 87.0 Å². The van der Waals surface area contributed by atoms with E-state index in [1.807, 2.05) is 46.2 Å². The highest BCUT2D eigenvalue weighted by atomic mass is 16.5. The van der Waals surface area contributed by atoms with Gasteiger partial charge in [-0.15, -0.1) is 25.7 Å². The molecule has 8 nitrogen and oxygen atoms in total. The normalized spacial score (nSPS) is 10.0. The van der Waals surface area contributed by atoms with Crippen LogP contribution in [-0.2, 0) is 0 Å². The number of carbonyl (C=O) groups excluding carboxylic acids is 1. The molecule has 53 heavy (non-hydrogen) atoms. The van der Waals surface area contributed by atoms with Gasteiger partial charge in [-0.05, 0) is 84.9 Å². The van der Waals surface area contributed by atoms with Gasteiger partial charge < -0.3 is 33.5 Å². The number of ether oxygens (including phenoxy) is 5. The third-order valence-electron chi connectivity index (χ3n) is 7.87. The van der Waals surface area contributed by atoms with Crippen molar-refractivity contribution in [3.8, 4) is 95.4 Å². The molecule has 5 rings (SSSR count). The molecule has 0 N–H and O–H groups in total. The Bertz CT molecular complexity index is 2180. The topological polar surface area (TPSA) is 69.7 Å². The molecule has 0 radical (unpaired) electrons. The van der Waals surface area contributed by atoms with E-state index in [4.69, 9.17) is 49.4 Å². The first-order valence-corrected chi connectivity index (χ1v) is 16.4. The molecular weight excluding hydrogens is 665 g/mol. The zero-order valence-corrected chi connectivity index (χ0v) is 29.4. The van der Waals surface area contributed by atoms with E-state index < -0.39 is 0 Å². The van der Waals surface area contributed by atoms with Crippen molar-refractivity contribution in [1.29, 1.82) is 0 Å². The second-order valence-electron chi connectivity index (χ2n) is 11.4. The quantitative estimate of drug-likeness (QED) is 0.0751. The summed E-state index contributed by atoms with van der Waals surface area (Å²) in [6.45, 7) is 1.18. The number of rotatable bonds is 16. The van der Waals surface area contributed by atoms with Gasteiger partial charge in [0.25, 0.3) is 0 Å². The average Bonchev–Trinajstić information content (AvgIpc) is 3.18. The maximum absolute atomic E-state index is 13.1. The van der Waals surface area contributed by atoms with Crippen LogP contribution in [0.15, 0.2) is 109 Å². The number of ketones is 1. The molecule has 0 atom stereocenters. The summed E-state index contributed by atoms with van der Waals surface area (Å²) in [5.74, 6) is 14.7. The van der Waals surface area contributed by atoms with Crippen molar-refractivity contribution in [1.82, 2.24) is 0 Å². The van der Waals surface area contributed by atoms with Gasteiger partial charge >= 0.3 is 0 Å². The summed E-state index contributed by atoms with van der Waals surface area (Å²) in [5.41, 5.74) is 2.48. The molecule has 0 aliphatic rings. The molecule has 0 aliphatic carbocycles. The van der Waals surface area contributed by atoms with Crippen LogP contribution in [0, 0.1) is 49.4 Å². The highest BCUT2D eigenvalue weighted by molar-refractivity contribution is 6.09. The van der Waals surface area contributed by atoms with Crippen LogP contribution in [-0.4, -0.2) is 46.2 Å². The van der Waals surface area contributed by atoms with Gasteiger partial charge in [0.05, 0.1) is 51.8 Å². The second-order valence-corrected chi connectivity index (χ2v) is 11.4. The fourth-order valence-corrected chi connectivity index (χ4v) is 5.36. The van der Waals surface area contributed by atoms with Crippen LogP contribution >= 0.6 is 0 Å². The van der Waals surface area contributed by atoms with E-state index in [0.717, 1.165) is 5.69 Å². The lowest BCUT2D eigenvalue weighted by molar-refractivity contribution is 0.103. The number of hydrogen-bond acceptors (Lipinski definition) is 8. The zero-order valence-electron chi connectivity index (χ0n) is 29.4. The molecule has 0 amide bonds. The fourth-order valence-electron chi connectivity index (χ4n) is 5.36. The van der Waals surface area contributed by atoms with Crippen LogP contribution in [0.1, 0.15) is 15.9 Å². The first-order valence-electron chi connectivity index (χ1n) is 16.4. The Kier molecular flexibility index (Phi) is 12.5. The number of nitrogens with zero attached hydrogens (tertiary/aromatic N) is 2. The summed E-state index contributed by atoms with van der Waals surface area (Å²) < 4.78 is 29.6. The molecule has 0 saturated carbocycles. The van der Waals surface area contributed by atoms with E-state index in [2.05, 4.69) is 23.7 Å². The molecule has 0 bridgehead atoms. The van der Waals surface area contributed by atoms with E-state index in [9.17, 15) is 4.79 Å². The average molecular weight is 701 g/mol. The van der Waals surface area contributed by atoms with Crippen molar-refractivity contribution < 1.29 is 28.5 Å². The number of benzene rings is 5. The Labute approximate surface area is 310 Å². The predicted molar refractivity (Wildman–Crippen MR) is 209 cm³/mol. The van der Waals surface area contributed by atoms with Gasteiger partial charge in [-0.3, -0.25) is 4.79 Å². The van der Waals surface area contributed by atoms with E-state index in [0.29, 0.717) is 75.9 Å². The molecule has 5 aromatic rings. The largest absolute Gasteiger partial charge is 0.497 e. The van der Waals surface area contributed by atoms with Gasteiger partial charge in [0.2, 0.25) is 0 Å². The summed E-state index contributed by atoms with van der Waals surface area (Å²) in [6, 6.07) is 31.8. The molecule has 0 fully saturated rings. The highest BCUT2D eigenvalue weighted by Gasteiger charge is 2.16. The molecule has 0 spiro atoms. The highest BCUT2D eigenvalue weighted by Crippen LogP contribution is 2.39. The molecule has 8 heteroatoms. The van der Waals surface area contributed by atoms with Crippen molar-refractivity contribution in [3.63, 3.8) is 0 Å². The van der Waals surface area contributed by atoms with Gasteiger partial charge in [0.1, 0.15) is 40.2 Å². The predicted octanol–water partition coefficient (Wildman–Crippen LogP) is 8.46. The molecule has 0 saturated heterocycles. The molecule has 0 aromatic heterocycles. The Morgan fingerprint density at radius 1 is 0.491 bits per heavy atom. The standard InChI is InChI=1S/C45H36N2O6/c1-7-26-46(27-8-2)41-24-22-39(31-43(41)50-6)51-37-12-11-13-38(30-37)52-40-23-25-42(47(28-9-3)29-10-4)44(32-40)53-36-20-16-34(17-21-36)45(48)33-14-18-35(49-5)19-15-33/h1-4,11-25,30-32H,26-29H2,5-6H3. The van der Waals surface area contributed by atoms with Gasteiger partial charge in [0.15, 0.2) is 11.5 Å². The lowest BCUT2D eigenvalue weighted by Gasteiger charge is -2.23. The summed E-state index contributed by atoms with van der Waals surface area (Å²) in [6.07, 6.45) is 22.4. The molecule has 5 aromatic carbocycles. The minimum absolute atomic E-state index is 0.126. The molecule has 262 valence electrons. The Morgan fingerprint density at radius 2 is 0.906 bits per heavy atom. The Hall–Kier alpha value is -7.39. The molecule has 0 unspecified atom stereocenters. The maximum Gasteiger partial charge on any atom is 0.193 e. The SMILES string of the molecule is C#CCN(CC#C)c1ccc(Oc2cccc(Oc3ccc(N(CC#C)CC#C)c(Oc4ccc(C(=O)c5ccc(OC)cc5)cc4)c3)c2)cc1OC. The summed E-state index contributed by atoms with van der Waals surface area (Å²) in [7, 11) is 3.15. The van der Waals surface area contributed by atoms with Gasteiger partial charge in [-0.2, -0.15) is 0 Å². The van der Waals surface area contributed by atoms with Crippen molar-refractivity contribution >= 4 is 17.2 Å². The lowest BCUT2D eigenvalue weighted by Crippen LogP contribution is -2.24. The van der Waals surface area contributed by atoms with Crippen molar-refractivity contribution in [3.05, 3.63) is 120 Å². The number of carbonyl (C=O) groups is 1. The van der Waals surface area contributed by atoms with Gasteiger partial charge in [-0.25, -0.2) is 0 Å². The van der Waals surface area contributed by atoms with Gasteiger partial charge in [0, 0.05) is 29.3 Å². The summed E-state index contributed by atoms with van der Waals surface area (Å²) in [4.78, 5) is 16.8. The summed E-state index contributed by atoms with van der Waals surface area (Å²) >= 11 is 0. The number of terminal acetylenes is 4. The van der Waals surface area contributed by atoms with Crippen molar-refractivity contribution in [2.75, 3.05) is 50.2 Å². The molecule has 0 aliphatic heterocycles. The monoisotopic (exact) mass is 700 g/mol. The molecule has 0 heterocycles. The number of hydrogen-bond donors (Lipinski definition) is 0. The number of methoxy groups -OCH3 is 2. The lowest BCUT2D eigenvalue weighted by atomic mass is 10.0. The van der Waals surface area contributed by atoms with Crippen LogP contribution < -0.4 is 33.5 Å². The Balaban J connectivity index is 1.37. The van der Waals surface area contributed by atoms with Crippen LogP contribution in [0.5, 0.6) is 46.0 Å². The first kappa shape index (κ1) is 36.9. The second kappa shape index (κ2) is 18.0. The van der Waals surface area contributed by atoms with Crippen LogP contribution in [0.4, 0.5) is 11.4 Å². The third kappa shape index (κ3) is 9.44. The zero-order chi connectivity index (χ0) is 37.6.